The highest BCUT2D eigenvalue weighted by atomic mass is 16.6. The third-order valence-corrected chi connectivity index (χ3v) is 16.7. The van der Waals surface area contributed by atoms with Gasteiger partial charge in [-0.05, 0) is 81.7 Å². The number of amides is 1. The molecule has 2 fully saturated rings. The Morgan fingerprint density at radius 2 is 1.70 bits per heavy atom. The van der Waals surface area contributed by atoms with Crippen LogP contribution in [0.1, 0.15) is 82.7 Å². The van der Waals surface area contributed by atoms with Crippen LogP contribution >= 0.6 is 0 Å². The number of methoxy groups -OCH3 is 4. The zero-order chi connectivity index (χ0) is 49.5. The second-order valence-electron chi connectivity index (χ2n) is 20.4. The molecule has 1 saturated carbocycles. The molecule has 370 valence electrons. The highest BCUT2D eigenvalue weighted by Gasteiger charge is 2.80. The number of hydrogen-bond acceptors (Lipinski definition) is 14. The number of aromatic nitrogens is 1. The summed E-state index contributed by atoms with van der Waals surface area (Å²) < 4.78 is 29.7. The average molecular weight is 950 g/mol. The van der Waals surface area contributed by atoms with Gasteiger partial charge in [-0.3, -0.25) is 29.0 Å². The second kappa shape index (κ2) is 17.6. The van der Waals surface area contributed by atoms with E-state index in [1.54, 1.807) is 7.11 Å². The van der Waals surface area contributed by atoms with Gasteiger partial charge >= 0.3 is 23.9 Å². The van der Waals surface area contributed by atoms with Crippen LogP contribution in [-0.4, -0.2) is 147 Å². The third-order valence-electron chi connectivity index (χ3n) is 16.7. The van der Waals surface area contributed by atoms with Crippen molar-refractivity contribution in [2.24, 2.45) is 17.3 Å². The number of carbonyl (C=O) groups is 5. The Labute approximate surface area is 403 Å². The fourth-order valence-corrected chi connectivity index (χ4v) is 14.4. The first-order valence-electron chi connectivity index (χ1n) is 24.3. The van der Waals surface area contributed by atoms with E-state index in [1.807, 2.05) is 81.3 Å². The van der Waals surface area contributed by atoms with Gasteiger partial charge < -0.3 is 44.0 Å². The summed E-state index contributed by atoms with van der Waals surface area (Å²) in [6.07, 6.45) is 6.70. The van der Waals surface area contributed by atoms with E-state index in [-0.39, 0.29) is 36.8 Å². The number of aliphatic hydroxyl groups is 1. The lowest BCUT2D eigenvalue weighted by molar-refractivity contribution is -0.228. The molecule has 2 aromatic carbocycles. The van der Waals surface area contributed by atoms with Crippen molar-refractivity contribution in [1.29, 1.82) is 0 Å². The molecule has 16 heteroatoms. The quantitative estimate of drug-likeness (QED) is 0.147. The maximum Gasteiger partial charge on any atom is 0.344 e. The van der Waals surface area contributed by atoms with Gasteiger partial charge in [-0.1, -0.05) is 55.8 Å². The molecule has 11 atom stereocenters. The number of para-hydroxylation sites is 1. The number of anilines is 1. The SMILES string of the molecule is CCC1=C[C@@H]2CN(C1)[C@H](C(=O)NC(C)C)[C@H](C(=O)OC)Cc1c([nH]c3ccccc13)[C@@](C(=O)OC)(c1cc3c(cc1OC)N(C)[C@H]1[C@@](O)(C(=O)OC)[C@H](OC(C)=O)[C@]4(CC)C=CCN5CC[C@]31[C@@H]54)C2. The molecule has 1 aliphatic carbocycles. The number of ether oxygens (including phenoxy) is 5. The van der Waals surface area contributed by atoms with Gasteiger partial charge in [0, 0.05) is 90.4 Å². The molecule has 1 unspecified atom stereocenters. The highest BCUT2D eigenvalue weighted by Crippen LogP contribution is 2.68. The highest BCUT2D eigenvalue weighted by molar-refractivity contribution is 5.96. The van der Waals surface area contributed by atoms with E-state index in [9.17, 15) is 24.3 Å². The number of esters is 4. The summed E-state index contributed by atoms with van der Waals surface area (Å²) in [5, 5.41) is 17.4. The molecular weight excluding hydrogens is 883 g/mol. The average Bonchev–Trinajstić information content (AvgIpc) is 3.99. The zero-order valence-corrected chi connectivity index (χ0v) is 41.5. The number of hydrogen-bond donors (Lipinski definition) is 3. The molecule has 6 aliphatic rings. The third kappa shape index (κ3) is 6.81. The van der Waals surface area contributed by atoms with Crippen LogP contribution in [0.3, 0.4) is 0 Å². The number of H-pyrrole nitrogens is 1. The van der Waals surface area contributed by atoms with E-state index in [1.165, 1.54) is 28.3 Å². The maximum absolute atomic E-state index is 15.8. The number of aromatic amines is 1. The Morgan fingerprint density at radius 1 is 0.957 bits per heavy atom. The van der Waals surface area contributed by atoms with E-state index < -0.39 is 69.8 Å². The normalized spacial score (nSPS) is 33.3. The van der Waals surface area contributed by atoms with Crippen molar-refractivity contribution in [2.75, 3.05) is 66.6 Å². The summed E-state index contributed by atoms with van der Waals surface area (Å²) in [6, 6.07) is 9.12. The van der Waals surface area contributed by atoms with Gasteiger partial charge in [0.1, 0.15) is 17.2 Å². The molecule has 5 aliphatic heterocycles. The minimum absolute atomic E-state index is 0.0291. The summed E-state index contributed by atoms with van der Waals surface area (Å²) in [5.74, 6) is -3.97. The molecule has 1 saturated heterocycles. The number of benzene rings is 2. The lowest BCUT2D eigenvalue weighted by Gasteiger charge is -2.63. The summed E-state index contributed by atoms with van der Waals surface area (Å²) in [4.78, 5) is 82.5. The minimum Gasteiger partial charge on any atom is -0.496 e. The van der Waals surface area contributed by atoms with Crippen molar-refractivity contribution < 1.29 is 52.8 Å². The lowest BCUT2D eigenvalue weighted by Crippen LogP contribution is -2.81. The van der Waals surface area contributed by atoms with Crippen molar-refractivity contribution in [3.63, 3.8) is 0 Å². The van der Waals surface area contributed by atoms with Gasteiger partial charge in [-0.25, -0.2) is 4.79 Å². The first-order chi connectivity index (χ1) is 33.0. The Hall–Kier alpha value is -5.71. The number of carbonyl (C=O) groups excluding carboxylic acids is 5. The predicted molar refractivity (Wildman–Crippen MR) is 257 cm³/mol. The van der Waals surface area contributed by atoms with Crippen LogP contribution < -0.4 is 15.0 Å². The Kier molecular flexibility index (Phi) is 12.3. The molecule has 16 nitrogen and oxygen atoms in total. The molecule has 1 amide bonds. The summed E-state index contributed by atoms with van der Waals surface area (Å²) in [6.45, 7) is 11.1. The molecule has 3 N–H and O–H groups in total. The number of fused-ring (bicyclic) bond motifs is 6. The molecule has 1 spiro atoms. The van der Waals surface area contributed by atoms with Gasteiger partial charge in [-0.2, -0.15) is 0 Å². The molecule has 9 rings (SSSR count). The Morgan fingerprint density at radius 3 is 2.35 bits per heavy atom. The fourth-order valence-electron chi connectivity index (χ4n) is 14.4. The smallest absolute Gasteiger partial charge is 0.344 e. The minimum atomic E-state index is -2.37. The standard InChI is InChI=1S/C53H67N5O11/c1-11-31-22-32-26-52(48(62)67-9,42-34(33-16-13-14-17-38(33)55-42)23-35(44(61)66-8)41(58(27-31)28-32)43(60)54-29(3)4)37-24-36-39(25-40(37)65-7)56(6)46-51(36)19-21-57-20-15-18-50(12-2,45(51)57)47(69-30(5)59)53(46,64)49(63)68-10/h13-18,22,24-25,29,32,35,41,45-47,55,64H,11-12,19-21,23,26-28H2,1-10H3,(H,54,60)/t32-,35+,41-,45-,46+,47+,50+,51+,52-,53-/m0/s1. The predicted octanol–water partition coefficient (Wildman–Crippen LogP) is 4.48. The van der Waals surface area contributed by atoms with Crippen molar-refractivity contribution in [1.82, 2.24) is 20.1 Å². The maximum atomic E-state index is 15.8. The van der Waals surface area contributed by atoms with Crippen LogP contribution in [-0.2, 0) is 60.2 Å². The molecule has 2 bridgehead atoms. The summed E-state index contributed by atoms with van der Waals surface area (Å²) >= 11 is 0. The van der Waals surface area contributed by atoms with E-state index in [0.29, 0.717) is 79.2 Å². The van der Waals surface area contributed by atoms with Gasteiger partial charge in [0.05, 0.1) is 40.4 Å². The Bertz CT molecular complexity index is 2660. The number of likely N-dealkylation sites (N-methyl/N-ethyl adjacent to an activating group) is 1. The first-order valence-corrected chi connectivity index (χ1v) is 24.3. The van der Waals surface area contributed by atoms with Crippen LogP contribution in [0.25, 0.3) is 10.9 Å². The topological polar surface area (TPSA) is 189 Å². The van der Waals surface area contributed by atoms with E-state index in [2.05, 4.69) is 33.1 Å². The Balaban J connectivity index is 1.38. The summed E-state index contributed by atoms with van der Waals surface area (Å²) in [7, 11) is 7.33. The lowest BCUT2D eigenvalue weighted by atomic mass is 9.47. The van der Waals surface area contributed by atoms with Crippen LogP contribution in [0.2, 0.25) is 0 Å². The second-order valence-corrected chi connectivity index (χ2v) is 20.4. The summed E-state index contributed by atoms with van der Waals surface area (Å²) in [5.41, 5.74) is -1.22. The monoisotopic (exact) mass is 949 g/mol. The van der Waals surface area contributed by atoms with Crippen molar-refractivity contribution in [2.45, 2.75) is 113 Å². The molecule has 69 heavy (non-hydrogen) atoms. The van der Waals surface area contributed by atoms with Gasteiger partial charge in [0.15, 0.2) is 6.10 Å². The zero-order valence-electron chi connectivity index (χ0n) is 41.5. The molecule has 6 heterocycles. The van der Waals surface area contributed by atoms with Crippen LogP contribution in [0, 0.1) is 17.3 Å². The molecule has 1 aromatic heterocycles. The number of rotatable bonds is 10. The van der Waals surface area contributed by atoms with Crippen molar-refractivity contribution in [3.05, 3.63) is 82.6 Å². The van der Waals surface area contributed by atoms with E-state index in [4.69, 9.17) is 23.7 Å². The largest absolute Gasteiger partial charge is 0.496 e. The van der Waals surface area contributed by atoms with Crippen LogP contribution in [0.5, 0.6) is 5.75 Å². The van der Waals surface area contributed by atoms with Crippen LogP contribution in [0.15, 0.2) is 60.2 Å². The van der Waals surface area contributed by atoms with Crippen molar-refractivity contribution >= 4 is 46.4 Å². The van der Waals surface area contributed by atoms with Crippen LogP contribution in [0.4, 0.5) is 5.69 Å². The molecule has 3 aromatic rings. The van der Waals surface area contributed by atoms with Gasteiger partial charge in [0.25, 0.3) is 0 Å². The fraction of sp³-hybridized carbons (Fsp3) is 0.566. The van der Waals surface area contributed by atoms with E-state index >= 15 is 4.79 Å². The van der Waals surface area contributed by atoms with E-state index in [0.717, 1.165) is 16.5 Å². The molecule has 0 radical (unpaired) electrons. The number of nitrogens with one attached hydrogen (secondary N) is 2. The van der Waals surface area contributed by atoms with Gasteiger partial charge in [-0.15, -0.1) is 0 Å². The molecular formula is C53H67N5O11. The van der Waals surface area contributed by atoms with Gasteiger partial charge in [0.2, 0.25) is 11.5 Å². The van der Waals surface area contributed by atoms with Crippen molar-refractivity contribution in [3.8, 4) is 5.75 Å². The number of nitrogens with zero attached hydrogens (tertiary/aromatic N) is 3. The first kappa shape index (κ1) is 48.3.